The molecule has 0 saturated carbocycles. The van der Waals surface area contributed by atoms with Crippen molar-refractivity contribution in [3.8, 4) is 0 Å². The summed E-state index contributed by atoms with van der Waals surface area (Å²) in [6.07, 6.45) is -0.592. The number of rotatable bonds is 5. The van der Waals surface area contributed by atoms with E-state index in [1.165, 1.54) is 31.4 Å². The highest BCUT2D eigenvalue weighted by Crippen LogP contribution is 2.22. The van der Waals surface area contributed by atoms with Gasteiger partial charge in [-0.2, -0.15) is 0 Å². The monoisotopic (exact) mass is 228 g/mol. The maximum Gasteiger partial charge on any atom is 0.269 e. The first kappa shape index (κ1) is 12.5. The molecule has 0 spiro atoms. The number of nitrogens with two attached hydrogens (primary N) is 1. The minimum Gasteiger partial charge on any atom is -0.375 e. The zero-order valence-electron chi connectivity index (χ0n) is 8.80. The van der Waals surface area contributed by atoms with Crippen LogP contribution in [0, 0.1) is 10.1 Å². The molecule has 0 radical (unpaired) electrons. The fourth-order valence-electron chi connectivity index (χ4n) is 1.42. The van der Waals surface area contributed by atoms with Gasteiger partial charge in [-0.1, -0.05) is 0 Å². The van der Waals surface area contributed by atoms with Gasteiger partial charge in [0.25, 0.3) is 5.69 Å². The van der Waals surface area contributed by atoms with Crippen LogP contribution in [-0.2, 0) is 4.74 Å². The van der Waals surface area contributed by atoms with Crippen molar-refractivity contribution in [2.45, 2.75) is 12.1 Å². The van der Waals surface area contributed by atoms with E-state index >= 15 is 0 Å². The minimum atomic E-state index is -0.772. The molecule has 0 bridgehead atoms. The number of ether oxygens (including phenoxy) is 1. The highest BCUT2D eigenvalue weighted by Gasteiger charge is 2.19. The van der Waals surface area contributed by atoms with Crippen LogP contribution >= 0.6 is 0 Å². The van der Waals surface area contributed by atoms with E-state index in [1.807, 2.05) is 0 Å². The maximum absolute atomic E-state index is 12.4. The molecular formula is C10H13FN2O3. The Labute approximate surface area is 92.2 Å². The highest BCUT2D eigenvalue weighted by molar-refractivity contribution is 5.34. The molecule has 16 heavy (non-hydrogen) atoms. The first-order valence-corrected chi connectivity index (χ1v) is 4.68. The van der Waals surface area contributed by atoms with E-state index in [2.05, 4.69) is 0 Å². The third kappa shape index (κ3) is 2.74. The lowest BCUT2D eigenvalue weighted by Crippen LogP contribution is -2.31. The molecule has 2 atom stereocenters. The molecule has 0 aliphatic carbocycles. The van der Waals surface area contributed by atoms with Crippen molar-refractivity contribution >= 4 is 5.69 Å². The standard InChI is InChI=1S/C10H13FN2O3/c1-16-10(9(12)6-11)7-2-4-8(5-3-7)13(14)15/h2-5,9-10H,6,12H2,1H3/t9-,10-/m1/s1. The minimum absolute atomic E-state index is 0.0209. The fraction of sp³-hybridized carbons (Fsp3) is 0.400. The van der Waals surface area contributed by atoms with Crippen molar-refractivity contribution in [1.82, 2.24) is 0 Å². The molecule has 0 aromatic heterocycles. The van der Waals surface area contributed by atoms with Gasteiger partial charge in [-0.3, -0.25) is 10.1 Å². The molecule has 1 aromatic carbocycles. The summed E-state index contributed by atoms with van der Waals surface area (Å²) in [5, 5.41) is 10.4. The average molecular weight is 228 g/mol. The molecule has 1 rings (SSSR count). The van der Waals surface area contributed by atoms with Crippen molar-refractivity contribution in [2.24, 2.45) is 5.73 Å². The molecule has 0 aliphatic heterocycles. The SMILES string of the molecule is CO[C@H](c1ccc([N+](=O)[O-])cc1)[C@H](N)CF. The van der Waals surface area contributed by atoms with Gasteiger partial charge >= 0.3 is 0 Å². The number of methoxy groups -OCH3 is 1. The second kappa shape index (κ2) is 5.53. The highest BCUT2D eigenvalue weighted by atomic mass is 19.1. The summed E-state index contributed by atoms with van der Waals surface area (Å²) in [5.41, 5.74) is 6.13. The fourth-order valence-corrected chi connectivity index (χ4v) is 1.42. The lowest BCUT2D eigenvalue weighted by atomic mass is 10.0. The van der Waals surface area contributed by atoms with Crippen molar-refractivity contribution in [3.63, 3.8) is 0 Å². The summed E-state index contributed by atoms with van der Waals surface area (Å²) < 4.78 is 17.5. The summed E-state index contributed by atoms with van der Waals surface area (Å²) in [4.78, 5) is 9.93. The normalized spacial score (nSPS) is 14.4. The molecule has 0 unspecified atom stereocenters. The number of alkyl halides is 1. The molecule has 2 N–H and O–H groups in total. The zero-order chi connectivity index (χ0) is 12.1. The Bertz CT molecular complexity index is 356. The molecule has 0 saturated heterocycles. The summed E-state index contributed by atoms with van der Waals surface area (Å²) in [5.74, 6) is 0. The van der Waals surface area contributed by atoms with Crippen LogP contribution in [0.2, 0.25) is 0 Å². The van der Waals surface area contributed by atoms with E-state index < -0.39 is 23.7 Å². The van der Waals surface area contributed by atoms with Crippen LogP contribution in [0.5, 0.6) is 0 Å². The first-order chi connectivity index (χ1) is 7.60. The molecule has 0 amide bonds. The number of nitro benzene ring substituents is 1. The van der Waals surface area contributed by atoms with E-state index in [0.717, 1.165) is 0 Å². The van der Waals surface area contributed by atoms with Gasteiger partial charge in [0, 0.05) is 19.2 Å². The Morgan fingerprint density at radius 3 is 2.44 bits per heavy atom. The zero-order valence-corrected chi connectivity index (χ0v) is 8.80. The van der Waals surface area contributed by atoms with Gasteiger partial charge < -0.3 is 10.5 Å². The van der Waals surface area contributed by atoms with Crippen molar-refractivity contribution < 1.29 is 14.1 Å². The van der Waals surface area contributed by atoms with Crippen LogP contribution in [0.15, 0.2) is 24.3 Å². The number of non-ortho nitro benzene ring substituents is 1. The van der Waals surface area contributed by atoms with Crippen LogP contribution in [-0.4, -0.2) is 24.7 Å². The van der Waals surface area contributed by atoms with E-state index in [-0.39, 0.29) is 5.69 Å². The molecule has 0 heterocycles. The average Bonchev–Trinajstić information content (AvgIpc) is 2.30. The van der Waals surface area contributed by atoms with Gasteiger partial charge in [0.2, 0.25) is 0 Å². The quantitative estimate of drug-likeness (QED) is 0.613. The first-order valence-electron chi connectivity index (χ1n) is 4.68. The maximum atomic E-state index is 12.4. The van der Waals surface area contributed by atoms with Crippen molar-refractivity contribution in [2.75, 3.05) is 13.8 Å². The topological polar surface area (TPSA) is 78.4 Å². The Kier molecular flexibility index (Phi) is 4.33. The Morgan fingerprint density at radius 1 is 1.50 bits per heavy atom. The van der Waals surface area contributed by atoms with Gasteiger partial charge in [0.1, 0.15) is 6.67 Å². The second-order valence-corrected chi connectivity index (χ2v) is 3.32. The van der Waals surface area contributed by atoms with Gasteiger partial charge in [0.15, 0.2) is 0 Å². The number of nitrogens with zero attached hydrogens (tertiary/aromatic N) is 1. The Morgan fingerprint density at radius 2 is 2.06 bits per heavy atom. The van der Waals surface area contributed by atoms with Crippen LogP contribution < -0.4 is 5.73 Å². The molecule has 88 valence electrons. The number of hydrogen-bond acceptors (Lipinski definition) is 4. The van der Waals surface area contributed by atoms with Crippen LogP contribution in [0.3, 0.4) is 0 Å². The predicted molar refractivity (Wildman–Crippen MR) is 56.8 cm³/mol. The molecule has 0 aliphatic rings. The molecular weight excluding hydrogens is 215 g/mol. The van der Waals surface area contributed by atoms with Crippen LogP contribution in [0.1, 0.15) is 11.7 Å². The second-order valence-electron chi connectivity index (χ2n) is 3.32. The van der Waals surface area contributed by atoms with Crippen molar-refractivity contribution in [1.29, 1.82) is 0 Å². The molecule has 1 aromatic rings. The van der Waals surface area contributed by atoms with Crippen LogP contribution in [0.4, 0.5) is 10.1 Å². The van der Waals surface area contributed by atoms with E-state index in [9.17, 15) is 14.5 Å². The van der Waals surface area contributed by atoms with Gasteiger partial charge in [0.05, 0.1) is 17.1 Å². The molecule has 6 heteroatoms. The van der Waals surface area contributed by atoms with E-state index in [4.69, 9.17) is 10.5 Å². The van der Waals surface area contributed by atoms with E-state index in [0.29, 0.717) is 5.56 Å². The number of nitro groups is 1. The van der Waals surface area contributed by atoms with Gasteiger partial charge in [-0.05, 0) is 17.7 Å². The van der Waals surface area contributed by atoms with Gasteiger partial charge in [-0.25, -0.2) is 4.39 Å². The van der Waals surface area contributed by atoms with E-state index in [1.54, 1.807) is 0 Å². The summed E-state index contributed by atoms with van der Waals surface area (Å²) in [7, 11) is 1.42. The lowest BCUT2D eigenvalue weighted by Gasteiger charge is -2.20. The number of hydrogen-bond donors (Lipinski definition) is 1. The third-order valence-electron chi connectivity index (χ3n) is 2.25. The van der Waals surface area contributed by atoms with Crippen LogP contribution in [0.25, 0.3) is 0 Å². The summed E-state index contributed by atoms with van der Waals surface area (Å²) >= 11 is 0. The third-order valence-corrected chi connectivity index (χ3v) is 2.25. The largest absolute Gasteiger partial charge is 0.375 e. The lowest BCUT2D eigenvalue weighted by molar-refractivity contribution is -0.384. The van der Waals surface area contributed by atoms with Gasteiger partial charge in [-0.15, -0.1) is 0 Å². The molecule has 5 nitrogen and oxygen atoms in total. The summed E-state index contributed by atoms with van der Waals surface area (Å²) in [6, 6.07) is 4.94. The summed E-state index contributed by atoms with van der Waals surface area (Å²) in [6.45, 7) is -0.713. The Hall–Kier alpha value is -1.53. The van der Waals surface area contributed by atoms with Crippen molar-refractivity contribution in [3.05, 3.63) is 39.9 Å². The smallest absolute Gasteiger partial charge is 0.269 e. The molecule has 0 fully saturated rings. The number of benzene rings is 1. The Balaban J connectivity index is 2.90. The predicted octanol–water partition coefficient (Wildman–Crippen LogP) is 1.58. The number of halogens is 1.